The SMILES string of the molecule is O=C(NC[C@H](c1cccnc1)N1CCc2ccccc2C1)C(=O)Nc1ccccc1. The van der Waals surface area contributed by atoms with Gasteiger partial charge >= 0.3 is 11.8 Å². The second kappa shape index (κ2) is 9.33. The molecular formula is C24H24N4O2. The van der Waals surface area contributed by atoms with Gasteiger partial charge in [-0.15, -0.1) is 0 Å². The van der Waals surface area contributed by atoms with Gasteiger partial charge in [-0.3, -0.25) is 19.5 Å². The minimum Gasteiger partial charge on any atom is -0.346 e. The fourth-order valence-electron chi connectivity index (χ4n) is 3.79. The Morgan fingerprint density at radius 2 is 1.70 bits per heavy atom. The van der Waals surface area contributed by atoms with Crippen molar-refractivity contribution in [1.29, 1.82) is 0 Å². The number of rotatable bonds is 5. The van der Waals surface area contributed by atoms with Crippen molar-refractivity contribution in [3.05, 3.63) is 95.8 Å². The van der Waals surface area contributed by atoms with E-state index in [0.29, 0.717) is 12.2 Å². The molecule has 0 saturated heterocycles. The van der Waals surface area contributed by atoms with Crippen molar-refractivity contribution >= 4 is 17.5 Å². The first kappa shape index (κ1) is 19.8. The Morgan fingerprint density at radius 1 is 0.933 bits per heavy atom. The highest BCUT2D eigenvalue weighted by Gasteiger charge is 2.26. The third kappa shape index (κ3) is 4.72. The Labute approximate surface area is 175 Å². The van der Waals surface area contributed by atoms with Crippen LogP contribution in [0.15, 0.2) is 79.1 Å². The molecule has 152 valence electrons. The summed E-state index contributed by atoms with van der Waals surface area (Å²) < 4.78 is 0. The molecule has 0 fully saturated rings. The third-order valence-electron chi connectivity index (χ3n) is 5.36. The van der Waals surface area contributed by atoms with Crippen molar-refractivity contribution in [1.82, 2.24) is 15.2 Å². The number of pyridine rings is 1. The van der Waals surface area contributed by atoms with Crippen molar-refractivity contribution in [3.63, 3.8) is 0 Å². The van der Waals surface area contributed by atoms with Gasteiger partial charge in [0.15, 0.2) is 0 Å². The van der Waals surface area contributed by atoms with Gasteiger partial charge in [-0.1, -0.05) is 48.5 Å². The summed E-state index contributed by atoms with van der Waals surface area (Å²) in [6.45, 7) is 2.00. The number of aromatic nitrogens is 1. The average molecular weight is 400 g/mol. The first-order valence-electron chi connectivity index (χ1n) is 10.1. The van der Waals surface area contributed by atoms with Crippen molar-refractivity contribution < 1.29 is 9.59 Å². The molecule has 0 aliphatic carbocycles. The molecule has 0 bridgehead atoms. The summed E-state index contributed by atoms with van der Waals surface area (Å²) in [7, 11) is 0. The first-order valence-corrected chi connectivity index (χ1v) is 10.1. The molecule has 6 heteroatoms. The van der Waals surface area contributed by atoms with E-state index in [4.69, 9.17) is 0 Å². The van der Waals surface area contributed by atoms with E-state index in [0.717, 1.165) is 25.1 Å². The predicted octanol–water partition coefficient (Wildman–Crippen LogP) is 2.94. The molecule has 2 heterocycles. The molecule has 1 aromatic heterocycles. The lowest BCUT2D eigenvalue weighted by Gasteiger charge is -2.35. The normalized spacial score (nSPS) is 14.4. The number of fused-ring (bicyclic) bond motifs is 1. The zero-order valence-electron chi connectivity index (χ0n) is 16.6. The average Bonchev–Trinajstić information content (AvgIpc) is 2.80. The van der Waals surface area contributed by atoms with E-state index in [-0.39, 0.29) is 6.04 Å². The van der Waals surface area contributed by atoms with Gasteiger partial charge in [-0.05, 0) is 41.3 Å². The van der Waals surface area contributed by atoms with Crippen molar-refractivity contribution in [3.8, 4) is 0 Å². The minimum atomic E-state index is -0.671. The molecule has 0 unspecified atom stereocenters. The van der Waals surface area contributed by atoms with Gasteiger partial charge in [0.2, 0.25) is 0 Å². The van der Waals surface area contributed by atoms with Crippen LogP contribution in [0.5, 0.6) is 0 Å². The second-order valence-corrected chi connectivity index (χ2v) is 7.32. The summed E-state index contributed by atoms with van der Waals surface area (Å²) >= 11 is 0. The Hall–Kier alpha value is -3.51. The quantitative estimate of drug-likeness (QED) is 0.646. The topological polar surface area (TPSA) is 74.3 Å². The number of anilines is 1. The van der Waals surface area contributed by atoms with E-state index in [2.05, 4.69) is 44.8 Å². The molecule has 0 radical (unpaired) electrons. The lowest BCUT2D eigenvalue weighted by molar-refractivity contribution is -0.136. The number of hydrogen-bond donors (Lipinski definition) is 2. The van der Waals surface area contributed by atoms with E-state index >= 15 is 0 Å². The molecule has 4 rings (SSSR count). The van der Waals surface area contributed by atoms with E-state index in [1.807, 2.05) is 24.4 Å². The Bertz CT molecular complexity index is 1010. The third-order valence-corrected chi connectivity index (χ3v) is 5.36. The van der Waals surface area contributed by atoms with Crippen LogP contribution >= 0.6 is 0 Å². The molecule has 0 saturated carbocycles. The van der Waals surface area contributed by atoms with Crippen LogP contribution in [-0.2, 0) is 22.6 Å². The number of carbonyl (C=O) groups excluding carboxylic acids is 2. The Morgan fingerprint density at radius 3 is 2.47 bits per heavy atom. The highest BCUT2D eigenvalue weighted by molar-refractivity contribution is 6.39. The lowest BCUT2D eigenvalue weighted by atomic mass is 9.97. The summed E-state index contributed by atoms with van der Waals surface area (Å²) in [5.41, 5.74) is 4.27. The Balaban J connectivity index is 1.45. The van der Waals surface area contributed by atoms with Crippen LogP contribution in [0.25, 0.3) is 0 Å². The van der Waals surface area contributed by atoms with Gasteiger partial charge in [0.05, 0.1) is 6.04 Å². The molecular weight excluding hydrogens is 376 g/mol. The molecule has 1 aliphatic rings. The highest BCUT2D eigenvalue weighted by Crippen LogP contribution is 2.27. The fraction of sp³-hybridized carbons (Fsp3) is 0.208. The molecule has 1 aliphatic heterocycles. The van der Waals surface area contributed by atoms with Crippen LogP contribution in [0, 0.1) is 0 Å². The number of amides is 2. The van der Waals surface area contributed by atoms with Crippen LogP contribution < -0.4 is 10.6 Å². The maximum Gasteiger partial charge on any atom is 0.313 e. The predicted molar refractivity (Wildman–Crippen MR) is 116 cm³/mol. The molecule has 3 aromatic rings. The minimum absolute atomic E-state index is 0.0690. The molecule has 2 amide bonds. The second-order valence-electron chi connectivity index (χ2n) is 7.32. The maximum absolute atomic E-state index is 12.4. The molecule has 1 atom stereocenters. The molecule has 0 spiro atoms. The van der Waals surface area contributed by atoms with Gasteiger partial charge in [0.1, 0.15) is 0 Å². The zero-order chi connectivity index (χ0) is 20.8. The largest absolute Gasteiger partial charge is 0.346 e. The monoisotopic (exact) mass is 400 g/mol. The van der Waals surface area contributed by atoms with Gasteiger partial charge in [-0.25, -0.2) is 0 Å². The van der Waals surface area contributed by atoms with Crippen molar-refractivity contribution in [2.24, 2.45) is 0 Å². The van der Waals surface area contributed by atoms with E-state index in [9.17, 15) is 9.59 Å². The number of carbonyl (C=O) groups is 2. The van der Waals surface area contributed by atoms with Crippen LogP contribution in [0.3, 0.4) is 0 Å². The summed E-state index contributed by atoms with van der Waals surface area (Å²) in [5.74, 6) is -1.32. The van der Waals surface area contributed by atoms with Gasteiger partial charge < -0.3 is 10.6 Å². The Kier molecular flexibility index (Phi) is 6.15. The van der Waals surface area contributed by atoms with Crippen LogP contribution in [0.4, 0.5) is 5.69 Å². The molecule has 30 heavy (non-hydrogen) atoms. The maximum atomic E-state index is 12.4. The number of nitrogens with one attached hydrogen (secondary N) is 2. The van der Waals surface area contributed by atoms with Crippen LogP contribution in [0.1, 0.15) is 22.7 Å². The van der Waals surface area contributed by atoms with E-state index < -0.39 is 11.8 Å². The fourth-order valence-corrected chi connectivity index (χ4v) is 3.79. The first-order chi connectivity index (χ1) is 14.7. The van der Waals surface area contributed by atoms with E-state index in [1.54, 1.807) is 30.5 Å². The molecule has 6 nitrogen and oxygen atoms in total. The summed E-state index contributed by atoms with van der Waals surface area (Å²) in [4.78, 5) is 31.2. The standard InChI is InChI=1S/C24H24N4O2/c29-23(24(30)27-21-10-2-1-3-11-21)26-16-22(19-9-6-13-25-15-19)28-14-12-18-7-4-5-8-20(18)17-28/h1-11,13,15,22H,12,14,16-17H2,(H,26,29)(H,27,30)/t22-/m1/s1. The van der Waals surface area contributed by atoms with Crippen LogP contribution in [0.2, 0.25) is 0 Å². The zero-order valence-corrected chi connectivity index (χ0v) is 16.6. The van der Waals surface area contributed by atoms with Gasteiger partial charge in [0.25, 0.3) is 0 Å². The number of hydrogen-bond acceptors (Lipinski definition) is 4. The van der Waals surface area contributed by atoms with E-state index in [1.165, 1.54) is 11.1 Å². The van der Waals surface area contributed by atoms with Crippen LogP contribution in [-0.4, -0.2) is 34.8 Å². The number of benzene rings is 2. The summed E-state index contributed by atoms with van der Waals surface area (Å²) in [6.07, 6.45) is 4.51. The summed E-state index contributed by atoms with van der Waals surface area (Å²) in [6, 6.07) is 21.2. The number of nitrogens with zero attached hydrogens (tertiary/aromatic N) is 2. The summed E-state index contributed by atoms with van der Waals surface area (Å²) in [5, 5.41) is 5.42. The molecule has 2 N–H and O–H groups in total. The van der Waals surface area contributed by atoms with Crippen molar-refractivity contribution in [2.75, 3.05) is 18.4 Å². The highest BCUT2D eigenvalue weighted by atomic mass is 16.2. The van der Waals surface area contributed by atoms with Crippen molar-refractivity contribution in [2.45, 2.75) is 19.0 Å². The number of para-hydroxylation sites is 1. The van der Waals surface area contributed by atoms with Gasteiger partial charge in [-0.2, -0.15) is 0 Å². The smallest absolute Gasteiger partial charge is 0.313 e. The lowest BCUT2D eigenvalue weighted by Crippen LogP contribution is -2.43. The molecule has 2 aromatic carbocycles. The van der Waals surface area contributed by atoms with Gasteiger partial charge in [0, 0.05) is 37.7 Å².